The average Bonchev–Trinajstić information content (AvgIpc) is 3.12. The Balaban J connectivity index is 1.57. The van der Waals surface area contributed by atoms with E-state index in [9.17, 15) is 4.79 Å². The van der Waals surface area contributed by atoms with Crippen LogP contribution in [0.4, 0.5) is 4.79 Å². The molecule has 1 N–H and O–H groups in total. The second kappa shape index (κ2) is 11.6. The number of amides is 1. The number of fused-ring (bicyclic) bond motifs is 1. The molecule has 1 aliphatic carbocycles. The predicted molar refractivity (Wildman–Crippen MR) is 154 cm³/mol. The SMILES string of the molecule is C[C@H](NC(=O)Oc1nn(-c2cc(Cl)ccc2Cl)c2c1CCCC/C2=C\c1ccc(Cl)cc1)c1ccccc1. The van der Waals surface area contributed by atoms with Crippen molar-refractivity contribution in [3.63, 3.8) is 0 Å². The first-order valence-electron chi connectivity index (χ1n) is 12.5. The van der Waals surface area contributed by atoms with E-state index in [1.165, 1.54) is 0 Å². The van der Waals surface area contributed by atoms with E-state index in [0.29, 0.717) is 27.2 Å². The van der Waals surface area contributed by atoms with Crippen LogP contribution in [0.3, 0.4) is 0 Å². The molecule has 194 valence electrons. The number of carbonyl (C=O) groups excluding carboxylic acids is 1. The van der Waals surface area contributed by atoms with Gasteiger partial charge in [-0.3, -0.25) is 0 Å². The Morgan fingerprint density at radius 1 is 0.974 bits per heavy atom. The molecule has 0 aliphatic heterocycles. The minimum Gasteiger partial charge on any atom is -0.389 e. The highest BCUT2D eigenvalue weighted by molar-refractivity contribution is 6.34. The van der Waals surface area contributed by atoms with E-state index in [-0.39, 0.29) is 11.9 Å². The molecular weight excluding hydrogens is 541 g/mol. The van der Waals surface area contributed by atoms with Gasteiger partial charge in [-0.1, -0.05) is 77.3 Å². The number of nitrogens with zero attached hydrogens (tertiary/aromatic N) is 2. The van der Waals surface area contributed by atoms with Crippen LogP contribution in [-0.2, 0) is 6.42 Å². The summed E-state index contributed by atoms with van der Waals surface area (Å²) in [5.74, 6) is 0.262. The minimum atomic E-state index is -0.571. The molecular formula is C30H26Cl3N3O2. The molecule has 1 aromatic heterocycles. The van der Waals surface area contributed by atoms with Crippen molar-refractivity contribution in [2.24, 2.45) is 0 Å². The Morgan fingerprint density at radius 2 is 1.68 bits per heavy atom. The van der Waals surface area contributed by atoms with Crippen LogP contribution < -0.4 is 10.1 Å². The summed E-state index contributed by atoms with van der Waals surface area (Å²) in [5, 5.41) is 9.36. The summed E-state index contributed by atoms with van der Waals surface area (Å²) in [5.41, 5.74) is 5.40. The monoisotopic (exact) mass is 565 g/mol. The minimum absolute atomic E-state index is 0.230. The quantitative estimate of drug-likeness (QED) is 0.245. The molecule has 0 radical (unpaired) electrons. The fourth-order valence-corrected chi connectivity index (χ4v) is 5.14. The first kappa shape index (κ1) is 26.4. The second-order valence-corrected chi connectivity index (χ2v) is 10.5. The van der Waals surface area contributed by atoms with Gasteiger partial charge in [-0.05, 0) is 85.7 Å². The van der Waals surface area contributed by atoms with Crippen molar-refractivity contribution in [2.45, 2.75) is 38.6 Å². The lowest BCUT2D eigenvalue weighted by atomic mass is 10.0. The van der Waals surface area contributed by atoms with Gasteiger partial charge in [0.2, 0.25) is 5.88 Å². The Labute approximate surface area is 237 Å². The van der Waals surface area contributed by atoms with Gasteiger partial charge in [0.25, 0.3) is 0 Å². The van der Waals surface area contributed by atoms with Crippen LogP contribution >= 0.6 is 34.8 Å². The van der Waals surface area contributed by atoms with Crippen LogP contribution in [0.15, 0.2) is 72.8 Å². The highest BCUT2D eigenvalue weighted by atomic mass is 35.5. The Hall–Kier alpha value is -3.25. The van der Waals surface area contributed by atoms with Crippen LogP contribution in [0.25, 0.3) is 17.3 Å². The summed E-state index contributed by atoms with van der Waals surface area (Å²) in [6, 6.07) is 22.4. The molecule has 0 saturated carbocycles. The van der Waals surface area contributed by atoms with E-state index < -0.39 is 6.09 Å². The van der Waals surface area contributed by atoms with Crippen LogP contribution in [0.5, 0.6) is 5.88 Å². The van der Waals surface area contributed by atoms with E-state index in [0.717, 1.165) is 47.2 Å². The van der Waals surface area contributed by atoms with Crippen LogP contribution in [-0.4, -0.2) is 15.9 Å². The van der Waals surface area contributed by atoms with Gasteiger partial charge >= 0.3 is 6.09 Å². The van der Waals surface area contributed by atoms with Gasteiger partial charge in [-0.2, -0.15) is 0 Å². The fraction of sp³-hybridized carbons (Fsp3) is 0.200. The number of carbonyl (C=O) groups is 1. The third kappa shape index (κ3) is 5.91. The third-order valence-corrected chi connectivity index (χ3v) is 7.35. The number of nitrogens with one attached hydrogen (secondary N) is 1. The van der Waals surface area contributed by atoms with Gasteiger partial charge in [0.1, 0.15) is 0 Å². The molecule has 38 heavy (non-hydrogen) atoms. The average molecular weight is 567 g/mol. The highest BCUT2D eigenvalue weighted by Crippen LogP contribution is 2.39. The van der Waals surface area contributed by atoms with Gasteiger partial charge in [0.05, 0.1) is 22.4 Å². The molecule has 5 rings (SSSR count). The number of hydrogen-bond donors (Lipinski definition) is 1. The lowest BCUT2D eigenvalue weighted by Crippen LogP contribution is -2.29. The third-order valence-electron chi connectivity index (χ3n) is 6.54. The van der Waals surface area contributed by atoms with Crippen molar-refractivity contribution in [1.29, 1.82) is 0 Å². The largest absolute Gasteiger partial charge is 0.414 e. The maximum absolute atomic E-state index is 13.0. The second-order valence-electron chi connectivity index (χ2n) is 9.23. The predicted octanol–water partition coefficient (Wildman–Crippen LogP) is 8.95. The van der Waals surface area contributed by atoms with Crippen molar-refractivity contribution in [1.82, 2.24) is 15.1 Å². The number of hydrogen-bond acceptors (Lipinski definition) is 3. The van der Waals surface area contributed by atoms with Crippen molar-refractivity contribution in [2.75, 3.05) is 0 Å². The van der Waals surface area contributed by atoms with Crippen LogP contribution in [0, 0.1) is 0 Å². The van der Waals surface area contributed by atoms with Crippen molar-refractivity contribution in [3.05, 3.63) is 110 Å². The van der Waals surface area contributed by atoms with Gasteiger partial charge < -0.3 is 10.1 Å². The molecule has 5 nitrogen and oxygen atoms in total. The lowest BCUT2D eigenvalue weighted by Gasteiger charge is -2.13. The highest BCUT2D eigenvalue weighted by Gasteiger charge is 2.27. The summed E-state index contributed by atoms with van der Waals surface area (Å²) in [7, 11) is 0. The Kier molecular flexibility index (Phi) is 8.08. The number of rotatable bonds is 5. The van der Waals surface area contributed by atoms with Crippen LogP contribution in [0.1, 0.15) is 54.6 Å². The number of aromatic nitrogens is 2. The molecule has 1 atom stereocenters. The molecule has 1 amide bonds. The summed E-state index contributed by atoms with van der Waals surface area (Å²) < 4.78 is 7.59. The standard InChI is InChI=1S/C30H26Cl3N3O2/c1-19(21-7-3-2-4-8-21)34-30(37)38-29-25-10-6-5-9-22(17-20-11-13-23(31)14-12-20)28(25)36(35-29)27-18-24(32)15-16-26(27)33/h2-4,7-8,11-19H,5-6,9-10H2,1H3,(H,34,37)/b22-17+/t19-/m0/s1. The smallest absolute Gasteiger partial charge is 0.389 e. The summed E-state index contributed by atoms with van der Waals surface area (Å²) >= 11 is 19.1. The zero-order valence-corrected chi connectivity index (χ0v) is 23.0. The number of benzene rings is 3. The summed E-state index contributed by atoms with van der Waals surface area (Å²) in [4.78, 5) is 13.0. The molecule has 4 aromatic rings. The molecule has 1 aliphatic rings. The number of allylic oxidation sites excluding steroid dienone is 1. The molecule has 8 heteroatoms. The molecule has 3 aromatic carbocycles. The zero-order valence-electron chi connectivity index (χ0n) is 20.8. The van der Waals surface area contributed by atoms with E-state index in [2.05, 4.69) is 11.4 Å². The fourth-order valence-electron chi connectivity index (χ4n) is 4.65. The maximum atomic E-state index is 13.0. The number of ether oxygens (including phenoxy) is 1. The molecule has 0 unspecified atom stereocenters. The lowest BCUT2D eigenvalue weighted by molar-refractivity contribution is 0.194. The van der Waals surface area contributed by atoms with Gasteiger partial charge in [0, 0.05) is 15.6 Å². The first-order chi connectivity index (χ1) is 18.4. The van der Waals surface area contributed by atoms with Gasteiger partial charge in [-0.25, -0.2) is 9.48 Å². The molecule has 0 fully saturated rings. The first-order valence-corrected chi connectivity index (χ1v) is 13.6. The van der Waals surface area contributed by atoms with Crippen molar-refractivity contribution in [3.8, 4) is 11.6 Å². The van der Waals surface area contributed by atoms with Gasteiger partial charge in [-0.15, -0.1) is 5.10 Å². The maximum Gasteiger partial charge on any atom is 0.414 e. The molecule has 1 heterocycles. The summed E-state index contributed by atoms with van der Waals surface area (Å²) in [6.07, 6.45) is 5.00. The van der Waals surface area contributed by atoms with Crippen molar-refractivity contribution >= 4 is 52.5 Å². The van der Waals surface area contributed by atoms with E-state index >= 15 is 0 Å². The zero-order chi connectivity index (χ0) is 26.6. The molecule has 0 bridgehead atoms. The van der Waals surface area contributed by atoms with E-state index in [4.69, 9.17) is 44.6 Å². The number of halogens is 3. The summed E-state index contributed by atoms with van der Waals surface area (Å²) in [6.45, 7) is 1.91. The van der Waals surface area contributed by atoms with E-state index in [1.54, 1.807) is 22.9 Å². The van der Waals surface area contributed by atoms with Crippen molar-refractivity contribution < 1.29 is 9.53 Å². The Morgan fingerprint density at radius 3 is 2.45 bits per heavy atom. The Bertz CT molecular complexity index is 1480. The normalized spacial score (nSPS) is 15.0. The van der Waals surface area contributed by atoms with Crippen LogP contribution in [0.2, 0.25) is 15.1 Å². The topological polar surface area (TPSA) is 56.1 Å². The molecule has 0 spiro atoms. The van der Waals surface area contributed by atoms with Gasteiger partial charge in [0.15, 0.2) is 0 Å². The molecule has 0 saturated heterocycles. The van der Waals surface area contributed by atoms with E-state index in [1.807, 2.05) is 61.5 Å².